The van der Waals surface area contributed by atoms with Gasteiger partial charge in [0.2, 0.25) is 0 Å². The zero-order chi connectivity index (χ0) is 40.7. The van der Waals surface area contributed by atoms with Crippen molar-refractivity contribution in [3.8, 4) is 23.3 Å². The summed E-state index contributed by atoms with van der Waals surface area (Å²) in [7, 11) is 2.20. The van der Waals surface area contributed by atoms with Gasteiger partial charge in [0.05, 0.1) is 34.7 Å². The van der Waals surface area contributed by atoms with Gasteiger partial charge in [-0.2, -0.15) is 10.5 Å². The summed E-state index contributed by atoms with van der Waals surface area (Å²) in [5.41, 5.74) is 13.1. The average Bonchev–Trinajstić information content (AvgIpc) is 3.30. The molecule has 6 heteroatoms. The van der Waals surface area contributed by atoms with E-state index in [1.165, 1.54) is 33.6 Å². The summed E-state index contributed by atoms with van der Waals surface area (Å²) in [5, 5.41) is 25.4. The van der Waals surface area contributed by atoms with Gasteiger partial charge in [0.15, 0.2) is 0 Å². The lowest BCUT2D eigenvalue weighted by molar-refractivity contribution is 0.365. The summed E-state index contributed by atoms with van der Waals surface area (Å²) in [4.78, 5) is 7.28. The van der Waals surface area contributed by atoms with Crippen molar-refractivity contribution in [1.82, 2.24) is 10.2 Å². The quantitative estimate of drug-likeness (QED) is 0.179. The number of hydrogen-bond acceptors (Lipinski definition) is 6. The van der Waals surface area contributed by atoms with Crippen LogP contribution in [0.1, 0.15) is 109 Å². The minimum Gasteiger partial charge on any atom is -0.361 e. The summed E-state index contributed by atoms with van der Waals surface area (Å²) in [6.07, 6.45) is 30.5. The lowest BCUT2D eigenvalue weighted by Gasteiger charge is -2.47. The van der Waals surface area contributed by atoms with Gasteiger partial charge < -0.3 is 14.7 Å². The van der Waals surface area contributed by atoms with Crippen molar-refractivity contribution in [3.05, 3.63) is 178 Å². The van der Waals surface area contributed by atoms with Crippen LogP contribution in [-0.2, 0) is 0 Å². The van der Waals surface area contributed by atoms with Crippen LogP contribution in [0.15, 0.2) is 139 Å². The van der Waals surface area contributed by atoms with Gasteiger partial charge in [-0.25, -0.2) is 0 Å². The molecule has 6 atom stereocenters. The zero-order valence-electron chi connectivity index (χ0n) is 34.6. The highest BCUT2D eigenvalue weighted by molar-refractivity contribution is 5.88. The molecule has 0 amide bonds. The Bertz CT molecular complexity index is 2590. The molecule has 0 radical (unpaired) electrons. The number of nitrogens with one attached hydrogen (secondary N) is 1. The Labute approximate surface area is 355 Å². The van der Waals surface area contributed by atoms with Gasteiger partial charge >= 0.3 is 0 Å². The fraction of sp³-hybridized carbons (Fsp3) is 0.296. The predicted molar refractivity (Wildman–Crippen MR) is 245 cm³/mol. The molecule has 4 aliphatic carbocycles. The highest BCUT2D eigenvalue weighted by Crippen LogP contribution is 2.51. The van der Waals surface area contributed by atoms with E-state index in [9.17, 15) is 10.5 Å². The molecule has 0 fully saturated rings. The normalized spacial score (nSPS) is 24.8. The molecule has 60 heavy (non-hydrogen) atoms. The Hall–Kier alpha value is -6.34. The second-order valence-electron chi connectivity index (χ2n) is 17.3. The van der Waals surface area contributed by atoms with Crippen LogP contribution < -0.4 is 15.1 Å². The molecule has 0 aromatic heterocycles. The van der Waals surface area contributed by atoms with Crippen LogP contribution in [0.2, 0.25) is 0 Å². The van der Waals surface area contributed by atoms with Gasteiger partial charge in [0.1, 0.15) is 18.0 Å². The van der Waals surface area contributed by atoms with Gasteiger partial charge in [-0.1, -0.05) is 109 Å². The van der Waals surface area contributed by atoms with Gasteiger partial charge in [0, 0.05) is 42.7 Å². The molecule has 6 nitrogen and oxygen atoms in total. The minimum atomic E-state index is -0.0328. The summed E-state index contributed by atoms with van der Waals surface area (Å²) in [6.45, 7) is 3.18. The van der Waals surface area contributed by atoms with Crippen molar-refractivity contribution in [2.75, 3.05) is 23.4 Å². The summed E-state index contributed by atoms with van der Waals surface area (Å²) < 4.78 is 0. The topological polar surface area (TPSA) is 69.3 Å². The summed E-state index contributed by atoms with van der Waals surface area (Å²) in [5.74, 6) is 1.94. The molecule has 0 saturated heterocycles. The highest BCUT2D eigenvalue weighted by Gasteiger charge is 2.41. The number of anilines is 2. The fourth-order valence-electron chi connectivity index (χ4n) is 10.7. The largest absolute Gasteiger partial charge is 0.361 e. The third kappa shape index (κ3) is 6.70. The lowest BCUT2D eigenvalue weighted by Crippen LogP contribution is -2.50. The van der Waals surface area contributed by atoms with Crippen LogP contribution in [0.3, 0.4) is 0 Å². The SMILES string of the molecule is CC1C=CCC(N(C2=CCC3C=CC4c5c(ccc2c53)C=CC4N(C2=CCCCN2C)c2ccc(C3CC=CCC3)cc2C#N)c2ccc(-c3ccccc3)cc2C#N)N1. The molecular weight excluding hydrogens is 733 g/mol. The van der Waals surface area contributed by atoms with E-state index in [1.54, 1.807) is 0 Å². The van der Waals surface area contributed by atoms with E-state index in [1.807, 2.05) is 18.2 Å². The molecule has 4 aromatic carbocycles. The molecule has 4 aromatic rings. The molecule has 0 bridgehead atoms. The zero-order valence-corrected chi connectivity index (χ0v) is 34.6. The maximum atomic E-state index is 10.8. The fourth-order valence-corrected chi connectivity index (χ4v) is 10.7. The van der Waals surface area contributed by atoms with Crippen LogP contribution >= 0.6 is 0 Å². The van der Waals surface area contributed by atoms with Crippen molar-refractivity contribution >= 4 is 23.1 Å². The summed E-state index contributed by atoms with van der Waals surface area (Å²) in [6, 6.07) is 33.5. The monoisotopic (exact) mass is 784 g/mol. The number of nitriles is 2. The van der Waals surface area contributed by atoms with E-state index in [0.29, 0.717) is 11.5 Å². The molecule has 0 saturated carbocycles. The summed E-state index contributed by atoms with van der Waals surface area (Å²) >= 11 is 0. The maximum Gasteiger partial charge on any atom is 0.105 e. The third-order valence-corrected chi connectivity index (χ3v) is 13.7. The smallest absolute Gasteiger partial charge is 0.105 e. The number of benzene rings is 4. The van der Waals surface area contributed by atoms with Crippen molar-refractivity contribution in [2.45, 2.75) is 87.9 Å². The Balaban J connectivity index is 1.08. The minimum absolute atomic E-state index is 0.0317. The first-order chi connectivity index (χ1) is 29.5. The second kappa shape index (κ2) is 16.0. The van der Waals surface area contributed by atoms with Gasteiger partial charge in [-0.05, 0) is 122 Å². The first kappa shape index (κ1) is 37.9. The van der Waals surface area contributed by atoms with E-state index in [4.69, 9.17) is 0 Å². The van der Waals surface area contributed by atoms with Crippen LogP contribution in [-0.4, -0.2) is 36.7 Å². The standard InChI is InChI=1S/C54H52N6/c1-36-12-11-17-51(57-36)59(47-27-23-41(32-43(47)34-55)37-13-5-3-6-14-37)49-29-21-39-20-26-46-50(30-22-40-19-25-45(49)53(39)54(40)46)60(52-18-9-10-31-58(52)2)48-28-24-42(33-44(48)35-56)38-15-7-4-8-16-38/h3-7,11-14,18-20,22-30,32-33,36,38-39,46,50-51,57H,8-10,15-17,21,31H2,1-2H3. The molecule has 0 spiro atoms. The molecule has 298 valence electrons. The van der Waals surface area contributed by atoms with Gasteiger partial charge in [0.25, 0.3) is 0 Å². The predicted octanol–water partition coefficient (Wildman–Crippen LogP) is 11.6. The molecule has 2 aliphatic heterocycles. The molecule has 2 heterocycles. The molecular formula is C54H52N6. The van der Waals surface area contributed by atoms with Crippen LogP contribution in [0.5, 0.6) is 0 Å². The lowest BCUT2D eigenvalue weighted by atomic mass is 9.69. The Morgan fingerprint density at radius 1 is 0.733 bits per heavy atom. The van der Waals surface area contributed by atoms with Crippen molar-refractivity contribution < 1.29 is 0 Å². The Morgan fingerprint density at radius 2 is 1.57 bits per heavy atom. The maximum absolute atomic E-state index is 10.8. The van der Waals surface area contributed by atoms with Gasteiger partial charge in [-0.15, -0.1) is 0 Å². The van der Waals surface area contributed by atoms with E-state index in [0.717, 1.165) is 85.3 Å². The van der Waals surface area contributed by atoms with Crippen LogP contribution in [0.25, 0.3) is 22.9 Å². The highest BCUT2D eigenvalue weighted by atomic mass is 15.3. The molecule has 6 aliphatic rings. The Kier molecular flexibility index (Phi) is 10.1. The third-order valence-electron chi connectivity index (χ3n) is 13.7. The number of rotatable bonds is 8. The number of hydrogen-bond donors (Lipinski definition) is 1. The molecule has 10 rings (SSSR count). The molecule has 1 N–H and O–H groups in total. The van der Waals surface area contributed by atoms with Crippen molar-refractivity contribution in [3.63, 3.8) is 0 Å². The van der Waals surface area contributed by atoms with Gasteiger partial charge in [-0.3, -0.25) is 5.32 Å². The van der Waals surface area contributed by atoms with E-state index in [2.05, 4.69) is 168 Å². The number of nitrogens with zero attached hydrogens (tertiary/aromatic N) is 5. The second-order valence-corrected chi connectivity index (χ2v) is 17.3. The first-order valence-electron chi connectivity index (χ1n) is 22.0. The van der Waals surface area contributed by atoms with Crippen LogP contribution in [0.4, 0.5) is 11.4 Å². The van der Waals surface area contributed by atoms with E-state index < -0.39 is 0 Å². The van der Waals surface area contributed by atoms with Crippen molar-refractivity contribution in [2.24, 2.45) is 0 Å². The van der Waals surface area contributed by atoms with Crippen molar-refractivity contribution in [1.29, 1.82) is 10.5 Å². The van der Waals surface area contributed by atoms with E-state index >= 15 is 0 Å². The van der Waals surface area contributed by atoms with E-state index in [-0.39, 0.29) is 30.1 Å². The number of allylic oxidation sites excluding steroid dienone is 5. The Morgan fingerprint density at radius 3 is 2.37 bits per heavy atom. The average molecular weight is 785 g/mol. The first-order valence-corrected chi connectivity index (χ1v) is 22.0. The molecule has 6 unspecified atom stereocenters. The van der Waals surface area contributed by atoms with Crippen LogP contribution in [0, 0.1) is 22.7 Å².